The fourth-order valence-electron chi connectivity index (χ4n) is 0.905. The van der Waals surface area contributed by atoms with E-state index in [2.05, 4.69) is 20.8 Å². The van der Waals surface area contributed by atoms with Gasteiger partial charge in [-0.15, -0.1) is 11.8 Å². The third kappa shape index (κ3) is 3.31. The molecule has 1 aromatic carbocycles. The van der Waals surface area contributed by atoms with Crippen LogP contribution < -0.4 is 0 Å². The predicted molar refractivity (Wildman–Crippen MR) is 58.3 cm³/mol. The Morgan fingerprint density at radius 1 is 1.23 bits per heavy atom. The normalized spacial score (nSPS) is 11.6. The van der Waals surface area contributed by atoms with Crippen LogP contribution in [0.1, 0.15) is 27.2 Å². The number of thioether (sulfide) groups is 1. The minimum absolute atomic E-state index is 0.275. The molecule has 1 N–H and O–H groups in total. The molecular weight excluding hydrogens is 180 g/mol. The van der Waals surface area contributed by atoms with Crippen LogP contribution >= 0.6 is 11.8 Å². The minimum atomic E-state index is 0.275. The zero-order valence-corrected chi connectivity index (χ0v) is 9.19. The highest BCUT2D eigenvalue weighted by Gasteiger charge is 2.16. The number of aromatic hydroxyl groups is 1. The van der Waals surface area contributed by atoms with Gasteiger partial charge in [-0.1, -0.05) is 20.8 Å². The van der Waals surface area contributed by atoms with Crippen LogP contribution in [0, 0.1) is 0 Å². The van der Waals surface area contributed by atoms with Crippen molar-refractivity contribution >= 4 is 11.8 Å². The van der Waals surface area contributed by atoms with Gasteiger partial charge >= 0.3 is 0 Å². The average molecular weight is 196 g/mol. The second kappa shape index (κ2) is 4.05. The van der Waals surface area contributed by atoms with Gasteiger partial charge in [0.05, 0.1) is 0 Å². The number of phenols is 1. The summed E-state index contributed by atoms with van der Waals surface area (Å²) in [5.41, 5.74) is 0. The van der Waals surface area contributed by atoms with Gasteiger partial charge < -0.3 is 5.11 Å². The van der Waals surface area contributed by atoms with Crippen LogP contribution in [0.15, 0.2) is 29.2 Å². The van der Waals surface area contributed by atoms with E-state index >= 15 is 0 Å². The lowest BCUT2D eigenvalue weighted by Gasteiger charge is -2.21. The Kier molecular flexibility index (Phi) is 3.26. The van der Waals surface area contributed by atoms with Gasteiger partial charge in [0.15, 0.2) is 0 Å². The van der Waals surface area contributed by atoms with E-state index in [0.717, 1.165) is 6.42 Å². The molecule has 0 spiro atoms. The van der Waals surface area contributed by atoms with Crippen molar-refractivity contribution in [3.63, 3.8) is 0 Å². The smallest absolute Gasteiger partial charge is 0.115 e. The summed E-state index contributed by atoms with van der Waals surface area (Å²) in [6, 6.07) is 7.37. The van der Waals surface area contributed by atoms with Crippen LogP contribution in [0.25, 0.3) is 0 Å². The molecule has 0 aliphatic carbocycles. The number of phenolic OH excluding ortho intramolecular Hbond substituents is 1. The zero-order valence-electron chi connectivity index (χ0n) is 8.37. The maximum Gasteiger partial charge on any atom is 0.115 e. The van der Waals surface area contributed by atoms with Crippen LogP contribution in [0.3, 0.4) is 0 Å². The molecule has 0 radical (unpaired) electrons. The Morgan fingerprint density at radius 2 is 1.77 bits per heavy atom. The zero-order chi connectivity index (χ0) is 9.90. The van der Waals surface area contributed by atoms with Crippen molar-refractivity contribution in [2.75, 3.05) is 0 Å². The molecule has 13 heavy (non-hydrogen) atoms. The molecule has 0 heterocycles. The van der Waals surface area contributed by atoms with Gasteiger partial charge in [-0.25, -0.2) is 0 Å². The molecule has 0 aliphatic heterocycles. The predicted octanol–water partition coefficient (Wildman–Crippen LogP) is 3.67. The first kappa shape index (κ1) is 10.5. The van der Waals surface area contributed by atoms with E-state index in [0.29, 0.717) is 5.75 Å². The van der Waals surface area contributed by atoms with E-state index in [1.807, 2.05) is 23.9 Å². The largest absolute Gasteiger partial charge is 0.508 e. The van der Waals surface area contributed by atoms with Crippen LogP contribution in [-0.4, -0.2) is 9.85 Å². The fourth-order valence-corrected chi connectivity index (χ4v) is 1.96. The van der Waals surface area contributed by atoms with Gasteiger partial charge in [-0.2, -0.15) is 0 Å². The van der Waals surface area contributed by atoms with Gasteiger partial charge in [-0.05, 0) is 30.7 Å². The maximum atomic E-state index is 9.10. The average Bonchev–Trinajstić information content (AvgIpc) is 2.09. The Labute approximate surface area is 84.2 Å². The molecule has 1 nitrogen and oxygen atoms in total. The standard InChI is InChI=1S/C11H16OS/c1-4-11(2,3)13-10-7-5-9(12)6-8-10/h5-8,12H,4H2,1-3H3. The summed E-state index contributed by atoms with van der Waals surface area (Å²) in [5, 5.41) is 9.10. The maximum absolute atomic E-state index is 9.10. The van der Waals surface area contributed by atoms with E-state index < -0.39 is 0 Å². The summed E-state index contributed by atoms with van der Waals surface area (Å²) in [5.74, 6) is 0.332. The molecule has 1 rings (SSSR count). The molecule has 0 atom stereocenters. The van der Waals surface area contributed by atoms with Crippen LogP contribution in [0.4, 0.5) is 0 Å². The fraction of sp³-hybridized carbons (Fsp3) is 0.455. The van der Waals surface area contributed by atoms with Crippen molar-refractivity contribution in [1.29, 1.82) is 0 Å². The van der Waals surface area contributed by atoms with Gasteiger partial charge in [0.2, 0.25) is 0 Å². The van der Waals surface area contributed by atoms with E-state index in [-0.39, 0.29) is 4.75 Å². The summed E-state index contributed by atoms with van der Waals surface area (Å²) < 4.78 is 0.275. The Morgan fingerprint density at radius 3 is 2.23 bits per heavy atom. The quantitative estimate of drug-likeness (QED) is 0.744. The first-order valence-electron chi connectivity index (χ1n) is 4.51. The molecule has 0 bridgehead atoms. The van der Waals surface area contributed by atoms with E-state index in [9.17, 15) is 0 Å². The van der Waals surface area contributed by atoms with Gasteiger partial charge in [0.1, 0.15) is 5.75 Å². The molecule has 0 fully saturated rings. The van der Waals surface area contributed by atoms with Crippen LogP contribution in [-0.2, 0) is 0 Å². The lowest BCUT2D eigenvalue weighted by Crippen LogP contribution is -2.11. The number of rotatable bonds is 3. The molecule has 0 aliphatic rings. The minimum Gasteiger partial charge on any atom is -0.508 e. The molecule has 2 heteroatoms. The highest BCUT2D eigenvalue weighted by atomic mass is 32.2. The molecule has 72 valence electrons. The van der Waals surface area contributed by atoms with Crippen molar-refractivity contribution in [3.05, 3.63) is 24.3 Å². The first-order chi connectivity index (χ1) is 6.03. The van der Waals surface area contributed by atoms with Crippen molar-refractivity contribution < 1.29 is 5.11 Å². The lowest BCUT2D eigenvalue weighted by atomic mass is 10.1. The number of hydrogen-bond donors (Lipinski definition) is 1. The third-order valence-corrected chi connectivity index (χ3v) is 3.43. The van der Waals surface area contributed by atoms with E-state index in [4.69, 9.17) is 5.11 Å². The summed E-state index contributed by atoms with van der Waals surface area (Å²) in [6.07, 6.45) is 1.14. The van der Waals surface area contributed by atoms with Crippen molar-refractivity contribution in [2.45, 2.75) is 36.8 Å². The Bertz CT molecular complexity index is 264. The molecule has 1 aromatic rings. The molecular formula is C11H16OS. The molecule has 0 aromatic heterocycles. The Hall–Kier alpha value is -0.630. The lowest BCUT2D eigenvalue weighted by molar-refractivity contribution is 0.475. The third-order valence-electron chi connectivity index (χ3n) is 2.08. The number of hydrogen-bond acceptors (Lipinski definition) is 2. The summed E-state index contributed by atoms with van der Waals surface area (Å²) >= 11 is 1.84. The van der Waals surface area contributed by atoms with E-state index in [1.165, 1.54) is 4.90 Å². The molecule has 0 amide bonds. The van der Waals surface area contributed by atoms with Crippen LogP contribution in [0.5, 0.6) is 5.75 Å². The summed E-state index contributed by atoms with van der Waals surface area (Å²) in [7, 11) is 0. The van der Waals surface area contributed by atoms with Gasteiger partial charge in [0.25, 0.3) is 0 Å². The van der Waals surface area contributed by atoms with Crippen molar-refractivity contribution in [2.24, 2.45) is 0 Å². The SMILES string of the molecule is CCC(C)(C)Sc1ccc(O)cc1. The molecule has 0 saturated carbocycles. The second-order valence-corrected chi connectivity index (χ2v) is 5.49. The highest BCUT2D eigenvalue weighted by Crippen LogP contribution is 2.35. The molecule has 0 unspecified atom stereocenters. The monoisotopic (exact) mass is 196 g/mol. The topological polar surface area (TPSA) is 20.2 Å². The van der Waals surface area contributed by atoms with Crippen molar-refractivity contribution in [1.82, 2.24) is 0 Å². The Balaban J connectivity index is 2.69. The van der Waals surface area contributed by atoms with Gasteiger partial charge in [0, 0.05) is 9.64 Å². The van der Waals surface area contributed by atoms with Crippen LogP contribution in [0.2, 0.25) is 0 Å². The second-order valence-electron chi connectivity index (χ2n) is 3.71. The summed E-state index contributed by atoms with van der Waals surface area (Å²) in [6.45, 7) is 6.64. The summed E-state index contributed by atoms with van der Waals surface area (Å²) in [4.78, 5) is 1.21. The highest BCUT2D eigenvalue weighted by molar-refractivity contribution is 8.00. The van der Waals surface area contributed by atoms with Crippen molar-refractivity contribution in [3.8, 4) is 5.75 Å². The molecule has 0 saturated heterocycles. The first-order valence-corrected chi connectivity index (χ1v) is 5.33. The van der Waals surface area contributed by atoms with E-state index in [1.54, 1.807) is 12.1 Å². The number of benzene rings is 1. The van der Waals surface area contributed by atoms with Gasteiger partial charge in [-0.3, -0.25) is 0 Å².